The van der Waals surface area contributed by atoms with Crippen LogP contribution < -0.4 is 10.5 Å². The quantitative estimate of drug-likeness (QED) is 0.920. The van der Waals surface area contributed by atoms with Crippen molar-refractivity contribution >= 4 is 11.6 Å². The van der Waals surface area contributed by atoms with Crippen LogP contribution in [0.5, 0.6) is 5.75 Å². The molecule has 2 N–H and O–H groups in total. The number of ether oxygens (including phenoxy) is 1. The third-order valence-electron chi connectivity index (χ3n) is 3.05. The molecule has 2 aromatic carbocycles. The lowest BCUT2D eigenvalue weighted by molar-refractivity contribution is 0.296. The molecule has 0 saturated carbocycles. The Morgan fingerprint density at radius 3 is 2.71 bits per heavy atom. The second kappa shape index (κ2) is 7.07. The van der Waals surface area contributed by atoms with Crippen LogP contribution in [0.15, 0.2) is 36.4 Å². The highest BCUT2D eigenvalue weighted by molar-refractivity contribution is 6.31. The molecule has 21 heavy (non-hydrogen) atoms. The van der Waals surface area contributed by atoms with Crippen LogP contribution in [0.1, 0.15) is 16.7 Å². The zero-order valence-corrected chi connectivity index (χ0v) is 12.0. The lowest BCUT2D eigenvalue weighted by Gasteiger charge is -2.13. The van der Waals surface area contributed by atoms with Gasteiger partial charge in [0, 0.05) is 16.1 Å². The molecule has 3 nitrogen and oxygen atoms in total. The van der Waals surface area contributed by atoms with Gasteiger partial charge in [-0.15, -0.1) is 0 Å². The molecule has 0 amide bonds. The number of nitrogens with two attached hydrogens (primary N) is 1. The molecule has 0 bridgehead atoms. The van der Waals surface area contributed by atoms with Crippen LogP contribution in [0.25, 0.3) is 0 Å². The number of nitrogens with zero attached hydrogens (tertiary/aromatic N) is 1. The Morgan fingerprint density at radius 2 is 2.00 bits per heavy atom. The summed E-state index contributed by atoms with van der Waals surface area (Å²) >= 11 is 6.12. The SMILES string of the molecule is N#Cc1cccc(COc2cccc(Cl)c2CCN)c1F. The van der Waals surface area contributed by atoms with Crippen LogP contribution in [0.3, 0.4) is 0 Å². The topological polar surface area (TPSA) is 59.0 Å². The molecular weight excluding hydrogens is 291 g/mol. The summed E-state index contributed by atoms with van der Waals surface area (Å²) in [6.07, 6.45) is 0.579. The summed E-state index contributed by atoms with van der Waals surface area (Å²) in [4.78, 5) is 0. The van der Waals surface area contributed by atoms with Crippen LogP contribution in [0, 0.1) is 17.1 Å². The van der Waals surface area contributed by atoms with Crippen molar-refractivity contribution in [1.29, 1.82) is 5.26 Å². The van der Waals surface area contributed by atoms with Crippen molar-refractivity contribution in [1.82, 2.24) is 0 Å². The van der Waals surface area contributed by atoms with Gasteiger partial charge in [0.05, 0.1) is 5.56 Å². The smallest absolute Gasteiger partial charge is 0.147 e. The Bertz CT molecular complexity index is 682. The van der Waals surface area contributed by atoms with Gasteiger partial charge in [0.15, 0.2) is 0 Å². The van der Waals surface area contributed by atoms with E-state index in [9.17, 15) is 4.39 Å². The van der Waals surface area contributed by atoms with E-state index in [0.29, 0.717) is 29.3 Å². The van der Waals surface area contributed by atoms with Crippen molar-refractivity contribution in [2.45, 2.75) is 13.0 Å². The van der Waals surface area contributed by atoms with Crippen molar-refractivity contribution in [3.05, 3.63) is 63.9 Å². The predicted octanol–water partition coefficient (Wildman–Crippen LogP) is 3.43. The summed E-state index contributed by atoms with van der Waals surface area (Å²) in [5.41, 5.74) is 6.69. The fraction of sp³-hybridized carbons (Fsp3) is 0.188. The molecular formula is C16H14ClFN2O. The van der Waals surface area contributed by atoms with Gasteiger partial charge in [0.2, 0.25) is 0 Å². The fourth-order valence-electron chi connectivity index (χ4n) is 1.99. The molecule has 0 aliphatic rings. The van der Waals surface area contributed by atoms with Gasteiger partial charge in [-0.3, -0.25) is 0 Å². The Hall–Kier alpha value is -2.09. The molecule has 0 atom stereocenters. The van der Waals surface area contributed by atoms with E-state index in [1.54, 1.807) is 36.4 Å². The maximum Gasteiger partial charge on any atom is 0.147 e. The van der Waals surface area contributed by atoms with E-state index in [4.69, 9.17) is 27.3 Å². The third kappa shape index (κ3) is 3.52. The molecule has 0 radical (unpaired) electrons. The molecule has 2 rings (SSSR count). The number of rotatable bonds is 5. The van der Waals surface area contributed by atoms with E-state index in [1.807, 2.05) is 0 Å². The van der Waals surface area contributed by atoms with Crippen LogP contribution in [-0.2, 0) is 13.0 Å². The van der Waals surface area contributed by atoms with Crippen LogP contribution in [-0.4, -0.2) is 6.54 Å². The van der Waals surface area contributed by atoms with Crippen LogP contribution in [0.4, 0.5) is 4.39 Å². The molecule has 5 heteroatoms. The monoisotopic (exact) mass is 304 g/mol. The Morgan fingerprint density at radius 1 is 1.24 bits per heavy atom. The van der Waals surface area contributed by atoms with Crippen LogP contribution in [0.2, 0.25) is 5.02 Å². The molecule has 0 heterocycles. The lowest BCUT2D eigenvalue weighted by Crippen LogP contribution is -2.07. The zero-order chi connectivity index (χ0) is 15.2. The van der Waals surface area contributed by atoms with E-state index in [0.717, 1.165) is 5.56 Å². The first-order valence-electron chi connectivity index (χ1n) is 6.45. The number of hydrogen-bond donors (Lipinski definition) is 1. The van der Waals surface area contributed by atoms with Gasteiger partial charge in [0.25, 0.3) is 0 Å². The zero-order valence-electron chi connectivity index (χ0n) is 11.3. The largest absolute Gasteiger partial charge is 0.488 e. The second-order valence-corrected chi connectivity index (χ2v) is 4.84. The average Bonchev–Trinajstić information content (AvgIpc) is 2.49. The Kier molecular flexibility index (Phi) is 5.15. The van der Waals surface area contributed by atoms with E-state index >= 15 is 0 Å². The van der Waals surface area contributed by atoms with E-state index in [1.165, 1.54) is 6.07 Å². The van der Waals surface area contributed by atoms with Gasteiger partial charge in [-0.05, 0) is 31.2 Å². The fourth-order valence-corrected chi connectivity index (χ4v) is 2.25. The summed E-state index contributed by atoms with van der Waals surface area (Å²) in [7, 11) is 0. The maximum atomic E-state index is 14.0. The van der Waals surface area contributed by atoms with Gasteiger partial charge in [-0.25, -0.2) is 4.39 Å². The minimum atomic E-state index is -0.553. The summed E-state index contributed by atoms with van der Waals surface area (Å²) in [6.45, 7) is 0.470. The average molecular weight is 305 g/mol. The maximum absolute atomic E-state index is 14.0. The first kappa shape index (κ1) is 15.3. The van der Waals surface area contributed by atoms with Gasteiger partial charge >= 0.3 is 0 Å². The highest BCUT2D eigenvalue weighted by Gasteiger charge is 2.11. The van der Waals surface area contributed by atoms with Gasteiger partial charge in [0.1, 0.15) is 24.2 Å². The summed E-state index contributed by atoms with van der Waals surface area (Å²) < 4.78 is 19.6. The van der Waals surface area contributed by atoms with Crippen molar-refractivity contribution < 1.29 is 9.13 Å². The molecule has 0 saturated heterocycles. The number of benzene rings is 2. The van der Waals surface area contributed by atoms with E-state index < -0.39 is 5.82 Å². The summed E-state index contributed by atoms with van der Waals surface area (Å²) in [5, 5.41) is 9.39. The highest BCUT2D eigenvalue weighted by atomic mass is 35.5. The Balaban J connectivity index is 2.21. The second-order valence-electron chi connectivity index (χ2n) is 4.43. The molecule has 0 spiro atoms. The number of halogens is 2. The van der Waals surface area contributed by atoms with Crippen LogP contribution >= 0.6 is 11.6 Å². The van der Waals surface area contributed by atoms with Gasteiger partial charge in [-0.2, -0.15) is 5.26 Å². The molecule has 0 aliphatic carbocycles. The molecule has 0 unspecified atom stereocenters. The predicted molar refractivity (Wildman–Crippen MR) is 79.7 cm³/mol. The van der Waals surface area contributed by atoms with Gasteiger partial charge in [-0.1, -0.05) is 29.8 Å². The third-order valence-corrected chi connectivity index (χ3v) is 3.41. The standard InChI is InChI=1S/C16H14ClFN2O/c17-14-5-2-6-15(13(14)7-8-19)21-10-12-4-1-3-11(9-20)16(12)18/h1-6H,7-8,10,19H2. The molecule has 2 aromatic rings. The van der Waals surface area contributed by atoms with Gasteiger partial charge < -0.3 is 10.5 Å². The van der Waals surface area contributed by atoms with Crippen molar-refractivity contribution in [2.24, 2.45) is 5.73 Å². The lowest BCUT2D eigenvalue weighted by atomic mass is 10.1. The van der Waals surface area contributed by atoms with Crippen molar-refractivity contribution in [3.63, 3.8) is 0 Å². The molecule has 0 aromatic heterocycles. The number of nitriles is 1. The van der Waals surface area contributed by atoms with E-state index in [-0.39, 0.29) is 12.2 Å². The minimum Gasteiger partial charge on any atom is -0.488 e. The normalized spacial score (nSPS) is 10.2. The Labute approximate surface area is 127 Å². The molecule has 108 valence electrons. The summed E-state index contributed by atoms with van der Waals surface area (Å²) in [5.74, 6) is 0.0251. The summed E-state index contributed by atoms with van der Waals surface area (Å²) in [6, 6.07) is 11.7. The van der Waals surface area contributed by atoms with E-state index in [2.05, 4.69) is 0 Å². The van der Waals surface area contributed by atoms with Crippen molar-refractivity contribution in [2.75, 3.05) is 6.54 Å². The molecule has 0 fully saturated rings. The first-order chi connectivity index (χ1) is 10.2. The number of hydrogen-bond acceptors (Lipinski definition) is 3. The molecule has 0 aliphatic heterocycles. The highest BCUT2D eigenvalue weighted by Crippen LogP contribution is 2.27. The van der Waals surface area contributed by atoms with Crippen molar-refractivity contribution in [3.8, 4) is 11.8 Å². The minimum absolute atomic E-state index is 0.00405. The first-order valence-corrected chi connectivity index (χ1v) is 6.83.